The first-order chi connectivity index (χ1) is 14.0. The van der Waals surface area contributed by atoms with Gasteiger partial charge in [0.25, 0.3) is 0 Å². The number of carbonyl (C=O) groups excluding carboxylic acids is 1. The van der Waals surface area contributed by atoms with Crippen molar-refractivity contribution in [2.24, 2.45) is 0 Å². The Labute approximate surface area is 187 Å². The number of rotatable bonds is 6. The van der Waals surface area contributed by atoms with Crippen LogP contribution in [0.25, 0.3) is 0 Å². The van der Waals surface area contributed by atoms with Crippen LogP contribution in [0, 0.1) is 13.8 Å². The maximum absolute atomic E-state index is 12.6. The van der Waals surface area contributed by atoms with Gasteiger partial charge < -0.3 is 0 Å². The zero-order valence-electron chi connectivity index (χ0n) is 22.0. The standard InChI is InChI=1S/C25H34O.2C2H6/c1-11-18(7)20(9)23(15(2)3)25(24(16(4)5)21(10)26)22-13-12-17(6)14-19(22)8;2*1-2/h11-14,25H,2H2,1,3-10H3;2*1-2H3/b18-11-,23-20+;;. The lowest BCUT2D eigenvalue weighted by Crippen LogP contribution is -2.17. The minimum absolute atomic E-state index is 0.0921. The molecule has 1 aromatic rings. The summed E-state index contributed by atoms with van der Waals surface area (Å²) in [6.07, 6.45) is 2.12. The molecule has 1 atom stereocenters. The molecule has 30 heavy (non-hydrogen) atoms. The average molecular weight is 411 g/mol. The van der Waals surface area contributed by atoms with E-state index in [0.29, 0.717) is 0 Å². The lowest BCUT2D eigenvalue weighted by atomic mass is 9.74. The first-order valence-corrected chi connectivity index (χ1v) is 11.3. The summed E-state index contributed by atoms with van der Waals surface area (Å²) < 4.78 is 0. The van der Waals surface area contributed by atoms with Gasteiger partial charge in [0.15, 0.2) is 5.78 Å². The highest BCUT2D eigenvalue weighted by molar-refractivity contribution is 5.96. The fraction of sp³-hybridized carbons (Fsp3) is 0.483. The van der Waals surface area contributed by atoms with E-state index in [1.807, 2.05) is 55.4 Å². The second-order valence-electron chi connectivity index (χ2n) is 7.55. The van der Waals surface area contributed by atoms with E-state index >= 15 is 0 Å². The third-order valence-electron chi connectivity index (χ3n) is 5.12. The zero-order chi connectivity index (χ0) is 24.2. The summed E-state index contributed by atoms with van der Waals surface area (Å²) in [6, 6.07) is 6.49. The Morgan fingerprint density at radius 3 is 1.73 bits per heavy atom. The van der Waals surface area contributed by atoms with Gasteiger partial charge in [-0.2, -0.15) is 0 Å². The Bertz CT molecular complexity index is 809. The molecule has 0 N–H and O–H groups in total. The number of hydrogen-bond acceptors (Lipinski definition) is 1. The molecule has 1 nitrogen and oxygen atoms in total. The molecule has 1 aromatic carbocycles. The summed E-state index contributed by atoms with van der Waals surface area (Å²) in [4.78, 5) is 12.6. The topological polar surface area (TPSA) is 17.1 Å². The van der Waals surface area contributed by atoms with Crippen LogP contribution in [0.5, 0.6) is 0 Å². The second-order valence-corrected chi connectivity index (χ2v) is 7.55. The van der Waals surface area contributed by atoms with Crippen LogP contribution in [-0.2, 0) is 4.79 Å². The van der Waals surface area contributed by atoms with E-state index in [1.165, 1.54) is 27.8 Å². The van der Waals surface area contributed by atoms with Crippen molar-refractivity contribution >= 4 is 5.78 Å². The minimum atomic E-state index is -0.0921. The number of aryl methyl sites for hydroxylation is 2. The molecule has 0 fully saturated rings. The number of allylic oxidation sites excluding steroid dienone is 7. The molecule has 1 unspecified atom stereocenters. The third-order valence-corrected chi connectivity index (χ3v) is 5.12. The van der Waals surface area contributed by atoms with Crippen LogP contribution in [-0.4, -0.2) is 5.78 Å². The van der Waals surface area contributed by atoms with E-state index in [-0.39, 0.29) is 11.7 Å². The number of ketones is 1. The van der Waals surface area contributed by atoms with Crippen LogP contribution in [0.2, 0.25) is 0 Å². The van der Waals surface area contributed by atoms with Crippen LogP contribution < -0.4 is 0 Å². The van der Waals surface area contributed by atoms with Gasteiger partial charge in [-0.25, -0.2) is 0 Å². The van der Waals surface area contributed by atoms with Gasteiger partial charge in [0, 0.05) is 11.5 Å². The third kappa shape index (κ3) is 7.94. The van der Waals surface area contributed by atoms with E-state index in [0.717, 1.165) is 22.3 Å². The maximum atomic E-state index is 12.6. The van der Waals surface area contributed by atoms with Crippen LogP contribution in [0.3, 0.4) is 0 Å². The molecule has 0 saturated heterocycles. The van der Waals surface area contributed by atoms with Crippen molar-refractivity contribution in [2.75, 3.05) is 0 Å². The molecule has 0 spiro atoms. The molecule has 0 radical (unpaired) electrons. The number of carbonyl (C=O) groups is 1. The monoisotopic (exact) mass is 410 g/mol. The van der Waals surface area contributed by atoms with Gasteiger partial charge in [-0.15, -0.1) is 0 Å². The molecule has 1 rings (SSSR count). The van der Waals surface area contributed by atoms with Gasteiger partial charge in [-0.05, 0) is 84.6 Å². The Hall–Kier alpha value is -2.15. The molecular weight excluding hydrogens is 364 g/mol. The fourth-order valence-corrected chi connectivity index (χ4v) is 3.66. The Morgan fingerprint density at radius 2 is 1.40 bits per heavy atom. The molecule has 0 aliphatic rings. The quantitative estimate of drug-likeness (QED) is 0.337. The van der Waals surface area contributed by atoms with Crippen molar-refractivity contribution in [2.45, 2.75) is 95.9 Å². The highest BCUT2D eigenvalue weighted by Gasteiger charge is 2.28. The van der Waals surface area contributed by atoms with Gasteiger partial charge in [-0.1, -0.05) is 80.8 Å². The zero-order valence-corrected chi connectivity index (χ0v) is 22.0. The van der Waals surface area contributed by atoms with Gasteiger partial charge in [0.2, 0.25) is 0 Å². The van der Waals surface area contributed by atoms with Crippen LogP contribution in [0.15, 0.2) is 64.3 Å². The summed E-state index contributed by atoms with van der Waals surface area (Å²) in [5, 5.41) is 0. The SMILES string of the molecule is C=C(C)/C(=C(C)\C(C)=C/C)C(C(C(C)=O)=C(C)C)c1ccc(C)cc1C.CC.CC. The Morgan fingerprint density at radius 1 is 0.900 bits per heavy atom. The van der Waals surface area contributed by atoms with E-state index in [2.05, 4.69) is 58.5 Å². The van der Waals surface area contributed by atoms with Crippen molar-refractivity contribution in [3.8, 4) is 0 Å². The summed E-state index contributed by atoms with van der Waals surface area (Å²) in [5.41, 5.74) is 10.1. The van der Waals surface area contributed by atoms with Gasteiger partial charge in [-0.3, -0.25) is 4.79 Å². The lowest BCUT2D eigenvalue weighted by Gasteiger charge is -2.28. The maximum Gasteiger partial charge on any atom is 0.156 e. The summed E-state index contributed by atoms with van der Waals surface area (Å²) in [6.45, 7) is 30.6. The van der Waals surface area contributed by atoms with E-state index in [9.17, 15) is 4.79 Å². The molecule has 0 bridgehead atoms. The van der Waals surface area contributed by atoms with Crippen LogP contribution >= 0.6 is 0 Å². The molecular formula is C29H46O. The lowest BCUT2D eigenvalue weighted by molar-refractivity contribution is -0.113. The van der Waals surface area contributed by atoms with E-state index in [4.69, 9.17) is 0 Å². The molecule has 0 saturated carbocycles. The van der Waals surface area contributed by atoms with Gasteiger partial charge in [0.1, 0.15) is 0 Å². The van der Waals surface area contributed by atoms with Crippen molar-refractivity contribution in [3.63, 3.8) is 0 Å². The predicted octanol–water partition coefficient (Wildman–Crippen LogP) is 9.22. The normalized spacial score (nSPS) is 12.4. The van der Waals surface area contributed by atoms with Gasteiger partial charge in [0.05, 0.1) is 0 Å². The summed E-state index contributed by atoms with van der Waals surface area (Å²) in [5.74, 6) is 0.0326. The van der Waals surface area contributed by atoms with Crippen molar-refractivity contribution in [3.05, 3.63) is 81.0 Å². The number of benzene rings is 1. The molecule has 0 heterocycles. The highest BCUT2D eigenvalue weighted by atomic mass is 16.1. The van der Waals surface area contributed by atoms with Crippen molar-refractivity contribution in [1.82, 2.24) is 0 Å². The highest BCUT2D eigenvalue weighted by Crippen LogP contribution is 2.41. The Kier molecular flexibility index (Phi) is 14.8. The van der Waals surface area contributed by atoms with Crippen LogP contribution in [0.4, 0.5) is 0 Å². The predicted molar refractivity (Wildman–Crippen MR) is 137 cm³/mol. The molecule has 0 aliphatic heterocycles. The first-order valence-electron chi connectivity index (χ1n) is 11.3. The summed E-state index contributed by atoms with van der Waals surface area (Å²) in [7, 11) is 0. The van der Waals surface area contributed by atoms with Gasteiger partial charge >= 0.3 is 0 Å². The molecule has 1 heteroatoms. The van der Waals surface area contributed by atoms with E-state index < -0.39 is 0 Å². The Balaban J connectivity index is 0. The smallest absolute Gasteiger partial charge is 0.156 e. The first kappa shape index (κ1) is 30.0. The average Bonchev–Trinajstić information content (AvgIpc) is 2.69. The van der Waals surface area contributed by atoms with Crippen molar-refractivity contribution in [1.29, 1.82) is 0 Å². The summed E-state index contributed by atoms with van der Waals surface area (Å²) >= 11 is 0. The fourth-order valence-electron chi connectivity index (χ4n) is 3.66. The van der Waals surface area contributed by atoms with Crippen LogP contribution in [0.1, 0.15) is 98.8 Å². The largest absolute Gasteiger partial charge is 0.295 e. The number of Topliss-reactive ketones (excluding diaryl/α,β-unsaturated/α-hetero) is 1. The second kappa shape index (κ2) is 14.8. The molecule has 0 aromatic heterocycles. The molecule has 168 valence electrons. The minimum Gasteiger partial charge on any atom is -0.295 e. The molecule has 0 aliphatic carbocycles. The van der Waals surface area contributed by atoms with Crippen molar-refractivity contribution < 1.29 is 4.79 Å². The van der Waals surface area contributed by atoms with E-state index in [1.54, 1.807) is 6.92 Å². The molecule has 0 amide bonds. The number of hydrogen-bond donors (Lipinski definition) is 0.